The Bertz CT molecular complexity index is 742. The molecular formula is C17H21ClN4O2. The lowest BCUT2D eigenvalue weighted by Crippen LogP contribution is -2.31. The minimum absolute atomic E-state index is 0.0730. The van der Waals surface area contributed by atoms with Gasteiger partial charge in [-0.1, -0.05) is 24.6 Å². The van der Waals surface area contributed by atoms with Crippen LogP contribution in [0.25, 0.3) is 0 Å². The molecule has 0 bridgehead atoms. The second-order valence-corrected chi connectivity index (χ2v) is 5.97. The lowest BCUT2D eigenvalue weighted by molar-refractivity contribution is -0.115. The first-order chi connectivity index (χ1) is 11.4. The number of benzene rings is 1. The zero-order chi connectivity index (χ0) is 17.7. The molecule has 1 heterocycles. The molecule has 0 aliphatic carbocycles. The van der Waals surface area contributed by atoms with Gasteiger partial charge >= 0.3 is 6.03 Å². The number of carbonyl (C=O) groups excluding carboxylic acids is 2. The van der Waals surface area contributed by atoms with E-state index in [-0.39, 0.29) is 11.9 Å². The fourth-order valence-corrected chi connectivity index (χ4v) is 2.45. The van der Waals surface area contributed by atoms with E-state index in [1.165, 1.54) is 0 Å². The van der Waals surface area contributed by atoms with Crippen LogP contribution in [0.15, 0.2) is 36.5 Å². The van der Waals surface area contributed by atoms with Crippen molar-refractivity contribution in [3.05, 3.63) is 47.2 Å². The van der Waals surface area contributed by atoms with Crippen LogP contribution in [0.4, 0.5) is 16.2 Å². The van der Waals surface area contributed by atoms with Crippen LogP contribution in [0.5, 0.6) is 0 Å². The first-order valence-electron chi connectivity index (χ1n) is 7.61. The highest BCUT2D eigenvalue weighted by Gasteiger charge is 2.12. The smallest absolute Gasteiger partial charge is 0.321 e. The van der Waals surface area contributed by atoms with Crippen molar-refractivity contribution in [2.45, 2.75) is 19.9 Å². The maximum Gasteiger partial charge on any atom is 0.321 e. The largest absolute Gasteiger partial charge is 0.351 e. The summed E-state index contributed by atoms with van der Waals surface area (Å²) in [6.07, 6.45) is 2.20. The Balaban J connectivity index is 1.99. The van der Waals surface area contributed by atoms with Gasteiger partial charge in [0.15, 0.2) is 0 Å². The van der Waals surface area contributed by atoms with Crippen molar-refractivity contribution in [3.63, 3.8) is 0 Å². The standard InChI is InChI=1S/C17H21ClN4O2/c1-4-16(23)19-13-6-5-7-14(9-13)20-17(24)22(3)11-15-8-12(18)10-21(15)2/h5-10H,4,11H2,1-3H3,(H,19,23)(H,20,24). The molecule has 1 aromatic heterocycles. The molecule has 3 amide bonds. The van der Waals surface area contributed by atoms with Gasteiger partial charge in [0.25, 0.3) is 0 Å². The number of hydrogen-bond acceptors (Lipinski definition) is 2. The van der Waals surface area contributed by atoms with Gasteiger partial charge in [-0.3, -0.25) is 4.79 Å². The van der Waals surface area contributed by atoms with Crippen LogP contribution < -0.4 is 10.6 Å². The SMILES string of the molecule is CCC(=O)Nc1cccc(NC(=O)N(C)Cc2cc(Cl)cn2C)c1. The van der Waals surface area contributed by atoms with Crippen LogP contribution in [0.1, 0.15) is 19.0 Å². The highest BCUT2D eigenvalue weighted by Crippen LogP contribution is 2.17. The number of aromatic nitrogens is 1. The number of hydrogen-bond donors (Lipinski definition) is 2. The Labute approximate surface area is 146 Å². The molecule has 0 aliphatic rings. The van der Waals surface area contributed by atoms with E-state index in [9.17, 15) is 9.59 Å². The number of nitrogens with zero attached hydrogens (tertiary/aromatic N) is 2. The molecule has 0 radical (unpaired) electrons. The minimum atomic E-state index is -0.244. The minimum Gasteiger partial charge on any atom is -0.351 e. The van der Waals surface area contributed by atoms with Crippen molar-refractivity contribution in [3.8, 4) is 0 Å². The van der Waals surface area contributed by atoms with E-state index >= 15 is 0 Å². The van der Waals surface area contributed by atoms with Gasteiger partial charge in [0.1, 0.15) is 0 Å². The Morgan fingerprint density at radius 2 is 1.88 bits per heavy atom. The maximum absolute atomic E-state index is 12.3. The van der Waals surface area contributed by atoms with Crippen LogP contribution in [-0.4, -0.2) is 28.5 Å². The molecule has 0 saturated carbocycles. The summed E-state index contributed by atoms with van der Waals surface area (Å²) >= 11 is 5.95. The van der Waals surface area contributed by atoms with Crippen LogP contribution in [0.3, 0.4) is 0 Å². The lowest BCUT2D eigenvalue weighted by Gasteiger charge is -2.18. The summed E-state index contributed by atoms with van der Waals surface area (Å²) < 4.78 is 1.88. The number of nitrogens with one attached hydrogen (secondary N) is 2. The van der Waals surface area contributed by atoms with Crippen molar-refractivity contribution >= 4 is 34.9 Å². The van der Waals surface area contributed by atoms with Crippen molar-refractivity contribution < 1.29 is 9.59 Å². The summed E-state index contributed by atoms with van der Waals surface area (Å²) in [5.74, 6) is -0.0730. The second-order valence-electron chi connectivity index (χ2n) is 5.53. The monoisotopic (exact) mass is 348 g/mol. The van der Waals surface area contributed by atoms with Crippen LogP contribution >= 0.6 is 11.6 Å². The van der Waals surface area contributed by atoms with Crippen molar-refractivity contribution in [1.29, 1.82) is 0 Å². The molecule has 128 valence electrons. The molecule has 0 saturated heterocycles. The average molecular weight is 349 g/mol. The summed E-state index contributed by atoms with van der Waals surface area (Å²) in [5, 5.41) is 6.22. The normalized spacial score (nSPS) is 10.3. The van der Waals surface area contributed by atoms with E-state index in [1.807, 2.05) is 17.7 Å². The quantitative estimate of drug-likeness (QED) is 0.865. The zero-order valence-corrected chi connectivity index (χ0v) is 14.7. The highest BCUT2D eigenvalue weighted by atomic mass is 35.5. The van der Waals surface area contributed by atoms with Gasteiger partial charge in [-0.15, -0.1) is 0 Å². The first kappa shape index (κ1) is 17.9. The fourth-order valence-electron chi connectivity index (χ4n) is 2.18. The van der Waals surface area contributed by atoms with Crippen molar-refractivity contribution in [2.24, 2.45) is 7.05 Å². The predicted octanol–water partition coefficient (Wildman–Crippen LogP) is 3.69. The lowest BCUT2D eigenvalue weighted by atomic mass is 10.2. The van der Waals surface area contributed by atoms with E-state index in [0.717, 1.165) is 5.69 Å². The molecule has 0 spiro atoms. The molecule has 7 heteroatoms. The number of amides is 3. The number of carbonyl (C=O) groups is 2. The molecule has 2 N–H and O–H groups in total. The molecule has 0 unspecified atom stereocenters. The predicted molar refractivity (Wildman–Crippen MR) is 96.3 cm³/mol. The van der Waals surface area contributed by atoms with Gasteiger partial charge in [0.2, 0.25) is 5.91 Å². The molecular weight excluding hydrogens is 328 g/mol. The van der Waals surface area contributed by atoms with E-state index < -0.39 is 0 Å². The number of halogens is 1. The summed E-state index contributed by atoms with van der Waals surface area (Å²) in [6, 6.07) is 8.63. The van der Waals surface area contributed by atoms with Gasteiger partial charge in [0, 0.05) is 43.8 Å². The highest BCUT2D eigenvalue weighted by molar-refractivity contribution is 6.30. The van der Waals surface area contributed by atoms with Crippen LogP contribution in [0.2, 0.25) is 5.02 Å². The van der Waals surface area contributed by atoms with Crippen molar-refractivity contribution in [1.82, 2.24) is 9.47 Å². The Hall–Kier alpha value is -2.47. The van der Waals surface area contributed by atoms with Crippen LogP contribution in [-0.2, 0) is 18.4 Å². The number of urea groups is 1. The third kappa shape index (κ3) is 4.76. The third-order valence-electron chi connectivity index (χ3n) is 3.54. The summed E-state index contributed by atoms with van der Waals surface area (Å²) in [6.45, 7) is 2.22. The summed E-state index contributed by atoms with van der Waals surface area (Å²) in [4.78, 5) is 25.3. The Morgan fingerprint density at radius 1 is 1.21 bits per heavy atom. The van der Waals surface area contributed by atoms with Gasteiger partial charge in [-0.25, -0.2) is 4.79 Å². The van der Waals surface area contributed by atoms with Gasteiger partial charge in [0.05, 0.1) is 11.6 Å². The number of aryl methyl sites for hydroxylation is 1. The van der Waals surface area contributed by atoms with E-state index in [0.29, 0.717) is 29.4 Å². The van der Waals surface area contributed by atoms with Gasteiger partial charge in [-0.05, 0) is 24.3 Å². The summed E-state index contributed by atoms with van der Waals surface area (Å²) in [5.41, 5.74) is 2.20. The maximum atomic E-state index is 12.3. The van der Waals surface area contributed by atoms with E-state index in [4.69, 9.17) is 11.6 Å². The number of anilines is 2. The molecule has 2 rings (SSSR count). The van der Waals surface area contributed by atoms with Gasteiger partial charge in [-0.2, -0.15) is 0 Å². The Kier molecular flexibility index (Phi) is 5.87. The molecule has 0 fully saturated rings. The molecule has 1 aromatic carbocycles. The molecule has 24 heavy (non-hydrogen) atoms. The molecule has 0 aliphatic heterocycles. The average Bonchev–Trinajstić information content (AvgIpc) is 2.85. The molecule has 6 nitrogen and oxygen atoms in total. The second kappa shape index (κ2) is 7.88. The first-order valence-corrected chi connectivity index (χ1v) is 7.99. The zero-order valence-electron chi connectivity index (χ0n) is 14.0. The third-order valence-corrected chi connectivity index (χ3v) is 3.75. The summed E-state index contributed by atoms with van der Waals surface area (Å²) in [7, 11) is 3.59. The molecule has 2 aromatic rings. The van der Waals surface area contributed by atoms with Gasteiger partial charge < -0.3 is 20.1 Å². The Morgan fingerprint density at radius 3 is 2.46 bits per heavy atom. The topological polar surface area (TPSA) is 66.4 Å². The van der Waals surface area contributed by atoms with E-state index in [1.54, 1.807) is 49.3 Å². The van der Waals surface area contributed by atoms with E-state index in [2.05, 4.69) is 10.6 Å². The number of rotatable bonds is 5. The van der Waals surface area contributed by atoms with Crippen molar-refractivity contribution in [2.75, 3.05) is 17.7 Å². The van der Waals surface area contributed by atoms with Crippen LogP contribution in [0, 0.1) is 0 Å². The fraction of sp³-hybridized carbons (Fsp3) is 0.294. The molecule has 0 atom stereocenters.